The molecule has 0 aromatic heterocycles. The predicted octanol–water partition coefficient (Wildman–Crippen LogP) is 0.130. The van der Waals surface area contributed by atoms with Crippen molar-refractivity contribution in [1.82, 2.24) is 0 Å². The summed E-state index contributed by atoms with van der Waals surface area (Å²) >= 11 is 0. The third-order valence-electron chi connectivity index (χ3n) is 2.18. The van der Waals surface area contributed by atoms with E-state index in [9.17, 15) is 9.90 Å². The minimum atomic E-state index is -1.13. The first kappa shape index (κ1) is 8.10. The van der Waals surface area contributed by atoms with Gasteiger partial charge in [-0.2, -0.15) is 0 Å². The number of carbonyl (C=O) groups is 1. The van der Waals surface area contributed by atoms with Gasteiger partial charge in [0.2, 0.25) is 0 Å². The minimum absolute atomic E-state index is 0.499. The maximum absolute atomic E-state index is 10.5. The van der Waals surface area contributed by atoms with E-state index in [1.165, 1.54) is 0 Å². The van der Waals surface area contributed by atoms with Crippen LogP contribution in [0.25, 0.3) is 0 Å². The number of para-hydroxylation sites is 1. The van der Waals surface area contributed by atoms with Crippen LogP contribution >= 0.6 is 0 Å². The lowest BCUT2D eigenvalue weighted by atomic mass is 10.0. The number of benzene rings is 1. The van der Waals surface area contributed by atoms with Crippen LogP contribution in [0.2, 0.25) is 0 Å². The molecule has 0 aliphatic carbocycles. The topological polar surface area (TPSA) is 49.4 Å². The molecule has 3 heteroatoms. The molecule has 0 radical (unpaired) electrons. The molecular formula is C10H9O3-. The molecule has 1 aliphatic heterocycles. The van der Waals surface area contributed by atoms with Crippen molar-refractivity contribution in [2.75, 3.05) is 0 Å². The Morgan fingerprint density at radius 2 is 2.23 bits per heavy atom. The van der Waals surface area contributed by atoms with Gasteiger partial charge in [0.1, 0.15) is 11.9 Å². The van der Waals surface area contributed by atoms with Gasteiger partial charge in [0, 0.05) is 0 Å². The Morgan fingerprint density at radius 3 is 3.00 bits per heavy atom. The molecule has 1 aromatic carbocycles. The van der Waals surface area contributed by atoms with E-state index >= 15 is 0 Å². The molecule has 0 unspecified atom stereocenters. The van der Waals surface area contributed by atoms with Crippen LogP contribution in [0.4, 0.5) is 0 Å². The SMILES string of the molecule is O=C([O-])[C@@H]1CCc2ccccc2O1. The standard InChI is InChI=1S/C10H10O3/c11-10(12)9-6-5-7-3-1-2-4-8(7)13-9/h1-4,9H,5-6H2,(H,11,12)/p-1/t9-/m0/s1. The van der Waals surface area contributed by atoms with E-state index in [0.29, 0.717) is 12.2 Å². The van der Waals surface area contributed by atoms with E-state index in [2.05, 4.69) is 0 Å². The van der Waals surface area contributed by atoms with Crippen LogP contribution in [0.5, 0.6) is 5.75 Å². The average molecular weight is 177 g/mol. The largest absolute Gasteiger partial charge is 0.546 e. The number of carboxylic acids is 1. The summed E-state index contributed by atoms with van der Waals surface area (Å²) < 4.78 is 5.23. The Bertz CT molecular complexity index is 333. The van der Waals surface area contributed by atoms with E-state index in [0.717, 1.165) is 12.0 Å². The van der Waals surface area contributed by atoms with Crippen molar-refractivity contribution >= 4 is 5.97 Å². The molecule has 0 amide bonds. The molecule has 0 saturated heterocycles. The lowest BCUT2D eigenvalue weighted by Gasteiger charge is -2.26. The van der Waals surface area contributed by atoms with E-state index in [1.807, 2.05) is 18.2 Å². The highest BCUT2D eigenvalue weighted by Crippen LogP contribution is 2.26. The Morgan fingerprint density at radius 1 is 1.46 bits per heavy atom. The third-order valence-corrected chi connectivity index (χ3v) is 2.18. The minimum Gasteiger partial charge on any atom is -0.546 e. The number of hydrogen-bond donors (Lipinski definition) is 0. The normalized spacial score (nSPS) is 20.2. The van der Waals surface area contributed by atoms with Crippen molar-refractivity contribution in [3.63, 3.8) is 0 Å². The zero-order valence-electron chi connectivity index (χ0n) is 7.03. The molecule has 0 spiro atoms. The number of aliphatic carboxylic acids is 1. The van der Waals surface area contributed by atoms with Gasteiger partial charge in [0.05, 0.1) is 5.97 Å². The lowest BCUT2D eigenvalue weighted by Crippen LogP contribution is -2.41. The van der Waals surface area contributed by atoms with Crippen LogP contribution < -0.4 is 9.84 Å². The summed E-state index contributed by atoms with van der Waals surface area (Å²) in [6.45, 7) is 0. The highest BCUT2D eigenvalue weighted by atomic mass is 16.5. The van der Waals surface area contributed by atoms with Gasteiger partial charge in [-0.05, 0) is 24.5 Å². The number of carboxylic acid groups (broad SMARTS) is 1. The summed E-state index contributed by atoms with van der Waals surface area (Å²) in [6, 6.07) is 7.48. The number of aryl methyl sites for hydroxylation is 1. The zero-order valence-corrected chi connectivity index (χ0v) is 7.03. The first-order chi connectivity index (χ1) is 6.27. The fraction of sp³-hybridized carbons (Fsp3) is 0.300. The second-order valence-electron chi connectivity index (χ2n) is 3.07. The van der Waals surface area contributed by atoms with Crippen molar-refractivity contribution < 1.29 is 14.6 Å². The second kappa shape index (κ2) is 3.09. The Kier molecular flexibility index (Phi) is 1.93. The third kappa shape index (κ3) is 1.49. The number of carbonyl (C=O) groups excluding carboxylic acids is 1. The van der Waals surface area contributed by atoms with Crippen LogP contribution in [-0.4, -0.2) is 12.1 Å². The van der Waals surface area contributed by atoms with Gasteiger partial charge >= 0.3 is 0 Å². The Hall–Kier alpha value is -1.51. The molecule has 1 aromatic rings. The molecule has 2 rings (SSSR count). The Labute approximate surface area is 76.0 Å². The van der Waals surface area contributed by atoms with Gasteiger partial charge in [-0.15, -0.1) is 0 Å². The fourth-order valence-electron chi connectivity index (χ4n) is 1.49. The molecule has 13 heavy (non-hydrogen) atoms. The van der Waals surface area contributed by atoms with E-state index in [1.54, 1.807) is 6.07 Å². The molecule has 0 saturated carbocycles. The second-order valence-corrected chi connectivity index (χ2v) is 3.07. The van der Waals surface area contributed by atoms with Gasteiger partial charge in [0.25, 0.3) is 0 Å². The summed E-state index contributed by atoms with van der Waals surface area (Å²) in [7, 11) is 0. The van der Waals surface area contributed by atoms with Crippen LogP contribution in [0.1, 0.15) is 12.0 Å². The fourth-order valence-corrected chi connectivity index (χ4v) is 1.49. The van der Waals surface area contributed by atoms with Crippen molar-refractivity contribution in [1.29, 1.82) is 0 Å². The van der Waals surface area contributed by atoms with Crippen molar-refractivity contribution in [2.24, 2.45) is 0 Å². The van der Waals surface area contributed by atoms with Crippen LogP contribution in [0.3, 0.4) is 0 Å². The summed E-state index contributed by atoms with van der Waals surface area (Å²) in [5.41, 5.74) is 1.07. The first-order valence-corrected chi connectivity index (χ1v) is 4.23. The maximum atomic E-state index is 10.5. The number of ether oxygens (including phenoxy) is 1. The summed E-state index contributed by atoms with van der Waals surface area (Å²) in [5.74, 6) is -0.461. The molecule has 0 N–H and O–H groups in total. The van der Waals surface area contributed by atoms with Crippen LogP contribution in [0, 0.1) is 0 Å². The molecule has 1 aliphatic rings. The van der Waals surface area contributed by atoms with Gasteiger partial charge in [-0.25, -0.2) is 0 Å². The summed E-state index contributed by atoms with van der Waals surface area (Å²) in [4.78, 5) is 10.5. The molecule has 68 valence electrons. The highest BCUT2D eigenvalue weighted by molar-refractivity contribution is 5.71. The summed E-state index contributed by atoms with van der Waals surface area (Å²) in [5, 5.41) is 10.5. The Balaban J connectivity index is 2.24. The lowest BCUT2D eigenvalue weighted by molar-refractivity contribution is -0.314. The van der Waals surface area contributed by atoms with Gasteiger partial charge in [-0.1, -0.05) is 18.2 Å². The predicted molar refractivity (Wildman–Crippen MR) is 44.2 cm³/mol. The van der Waals surface area contributed by atoms with E-state index < -0.39 is 12.1 Å². The highest BCUT2D eigenvalue weighted by Gasteiger charge is 2.19. The molecule has 3 nitrogen and oxygen atoms in total. The van der Waals surface area contributed by atoms with Crippen LogP contribution in [0.15, 0.2) is 24.3 Å². The molecular weight excluding hydrogens is 168 g/mol. The van der Waals surface area contributed by atoms with Gasteiger partial charge < -0.3 is 14.6 Å². The summed E-state index contributed by atoms with van der Waals surface area (Å²) in [6.07, 6.45) is 0.462. The molecule has 0 bridgehead atoms. The number of hydrogen-bond acceptors (Lipinski definition) is 3. The smallest absolute Gasteiger partial charge is 0.138 e. The van der Waals surface area contributed by atoms with E-state index in [-0.39, 0.29) is 0 Å². The molecule has 1 atom stereocenters. The van der Waals surface area contributed by atoms with Crippen LogP contribution in [-0.2, 0) is 11.2 Å². The van der Waals surface area contributed by atoms with E-state index in [4.69, 9.17) is 4.74 Å². The molecule has 0 fully saturated rings. The maximum Gasteiger partial charge on any atom is 0.138 e. The molecule has 1 heterocycles. The van der Waals surface area contributed by atoms with Gasteiger partial charge in [-0.3, -0.25) is 0 Å². The number of fused-ring (bicyclic) bond motifs is 1. The van der Waals surface area contributed by atoms with Crippen molar-refractivity contribution in [2.45, 2.75) is 18.9 Å². The van der Waals surface area contributed by atoms with Crippen molar-refractivity contribution in [3.05, 3.63) is 29.8 Å². The van der Waals surface area contributed by atoms with Gasteiger partial charge in [0.15, 0.2) is 0 Å². The monoisotopic (exact) mass is 177 g/mol. The quantitative estimate of drug-likeness (QED) is 0.612. The first-order valence-electron chi connectivity index (χ1n) is 4.23. The zero-order chi connectivity index (χ0) is 9.26. The number of rotatable bonds is 1. The van der Waals surface area contributed by atoms with Crippen molar-refractivity contribution in [3.8, 4) is 5.75 Å². The average Bonchev–Trinajstić information content (AvgIpc) is 2.17.